The van der Waals surface area contributed by atoms with E-state index in [4.69, 9.17) is 0 Å². The third-order valence-electron chi connectivity index (χ3n) is 5.09. The van der Waals surface area contributed by atoms with Crippen LogP contribution >= 0.6 is 0 Å². The maximum atomic E-state index is 13.0. The van der Waals surface area contributed by atoms with E-state index in [1.165, 1.54) is 0 Å². The molecule has 1 fully saturated rings. The lowest BCUT2D eigenvalue weighted by Crippen LogP contribution is -2.49. The second kappa shape index (κ2) is 7.42. The van der Waals surface area contributed by atoms with Gasteiger partial charge >= 0.3 is 0 Å². The van der Waals surface area contributed by atoms with E-state index in [1.54, 1.807) is 12.5 Å². The second-order valence-electron chi connectivity index (χ2n) is 7.20. The van der Waals surface area contributed by atoms with Crippen molar-refractivity contribution in [3.8, 4) is 5.82 Å². The van der Waals surface area contributed by atoms with E-state index < -0.39 is 0 Å². The molecule has 2 aromatic heterocycles. The molecular weight excluding hydrogens is 352 g/mol. The van der Waals surface area contributed by atoms with Crippen molar-refractivity contribution in [2.45, 2.75) is 20.8 Å². The van der Waals surface area contributed by atoms with Gasteiger partial charge in [0.15, 0.2) is 0 Å². The summed E-state index contributed by atoms with van der Waals surface area (Å²) < 4.78 is 1.87. The summed E-state index contributed by atoms with van der Waals surface area (Å²) >= 11 is 0. The maximum Gasteiger partial charge on any atom is 0.254 e. The summed E-state index contributed by atoms with van der Waals surface area (Å²) in [5.41, 5.74) is 2.93. The minimum Gasteiger partial charge on any atom is -0.353 e. The lowest BCUT2D eigenvalue weighted by molar-refractivity contribution is 0.0745. The molecule has 28 heavy (non-hydrogen) atoms. The lowest BCUT2D eigenvalue weighted by atomic mass is 10.0. The summed E-state index contributed by atoms with van der Waals surface area (Å²) in [5.74, 6) is 2.51. The molecule has 4 rings (SSSR count). The van der Waals surface area contributed by atoms with Crippen LogP contribution in [0.15, 0.2) is 43.0 Å². The minimum atomic E-state index is 0.110. The Hall–Kier alpha value is -3.22. The molecule has 1 aromatic carbocycles. The zero-order valence-electron chi connectivity index (χ0n) is 16.5. The Kier molecular flexibility index (Phi) is 4.81. The molecule has 1 amide bonds. The predicted octanol–water partition coefficient (Wildman–Crippen LogP) is 2.55. The van der Waals surface area contributed by atoms with Crippen molar-refractivity contribution >= 4 is 11.7 Å². The average Bonchev–Trinajstić information content (AvgIpc) is 3.24. The Bertz CT molecular complexity index is 990. The number of benzene rings is 1. The first kappa shape index (κ1) is 18.2. The van der Waals surface area contributed by atoms with Crippen molar-refractivity contribution in [1.82, 2.24) is 24.4 Å². The van der Waals surface area contributed by atoms with Crippen LogP contribution in [0.1, 0.15) is 27.3 Å². The fourth-order valence-corrected chi connectivity index (χ4v) is 3.50. The van der Waals surface area contributed by atoms with Crippen molar-refractivity contribution in [3.63, 3.8) is 0 Å². The second-order valence-corrected chi connectivity index (χ2v) is 7.20. The molecule has 3 heterocycles. The van der Waals surface area contributed by atoms with Gasteiger partial charge in [-0.2, -0.15) is 0 Å². The number of nitrogens with zero attached hydrogens (tertiary/aromatic N) is 6. The predicted molar refractivity (Wildman–Crippen MR) is 108 cm³/mol. The van der Waals surface area contributed by atoms with E-state index in [2.05, 4.69) is 19.9 Å². The van der Waals surface area contributed by atoms with Gasteiger partial charge in [0, 0.05) is 50.2 Å². The largest absolute Gasteiger partial charge is 0.353 e. The van der Waals surface area contributed by atoms with Crippen LogP contribution in [-0.2, 0) is 0 Å². The Morgan fingerprint density at radius 1 is 0.964 bits per heavy atom. The molecule has 0 spiro atoms. The molecule has 0 bridgehead atoms. The lowest BCUT2D eigenvalue weighted by Gasteiger charge is -2.35. The highest BCUT2D eigenvalue weighted by Gasteiger charge is 2.24. The van der Waals surface area contributed by atoms with E-state index in [0.717, 1.165) is 47.2 Å². The highest BCUT2D eigenvalue weighted by Crippen LogP contribution is 2.19. The number of hydrogen-bond donors (Lipinski definition) is 0. The van der Waals surface area contributed by atoms with Gasteiger partial charge in [0.25, 0.3) is 5.91 Å². The number of rotatable bonds is 3. The van der Waals surface area contributed by atoms with Gasteiger partial charge in [0.1, 0.15) is 23.8 Å². The highest BCUT2D eigenvalue weighted by molar-refractivity contribution is 5.96. The quantitative estimate of drug-likeness (QED) is 0.703. The Labute approximate surface area is 164 Å². The van der Waals surface area contributed by atoms with Gasteiger partial charge < -0.3 is 9.80 Å². The highest BCUT2D eigenvalue weighted by atomic mass is 16.2. The molecule has 0 saturated carbocycles. The number of piperazine rings is 1. The van der Waals surface area contributed by atoms with Gasteiger partial charge in [-0.05, 0) is 32.4 Å². The standard InChI is InChI=1S/C21H24N6O/c1-15-4-5-16(2)18(12-15)21(28)26-10-8-25(9-11-26)19-13-20(24-17(3)23-19)27-7-6-22-14-27/h4-7,12-14H,8-11H2,1-3H3. The van der Waals surface area contributed by atoms with Gasteiger partial charge in [0.2, 0.25) is 0 Å². The number of carbonyl (C=O) groups is 1. The average molecular weight is 376 g/mol. The molecule has 1 saturated heterocycles. The molecule has 1 aliphatic rings. The molecule has 144 valence electrons. The van der Waals surface area contributed by atoms with Crippen molar-refractivity contribution in [1.29, 1.82) is 0 Å². The zero-order valence-corrected chi connectivity index (χ0v) is 16.5. The van der Waals surface area contributed by atoms with Crippen molar-refractivity contribution < 1.29 is 4.79 Å². The van der Waals surface area contributed by atoms with Crippen molar-refractivity contribution in [3.05, 3.63) is 65.5 Å². The van der Waals surface area contributed by atoms with Gasteiger partial charge in [-0.3, -0.25) is 9.36 Å². The van der Waals surface area contributed by atoms with Crippen LogP contribution in [0.2, 0.25) is 0 Å². The van der Waals surface area contributed by atoms with Gasteiger partial charge in [-0.1, -0.05) is 17.7 Å². The molecule has 0 radical (unpaired) electrons. The number of anilines is 1. The minimum absolute atomic E-state index is 0.110. The molecule has 1 aliphatic heterocycles. The maximum absolute atomic E-state index is 13.0. The van der Waals surface area contributed by atoms with E-state index in [-0.39, 0.29) is 5.91 Å². The molecule has 3 aromatic rings. The van der Waals surface area contributed by atoms with Crippen LogP contribution in [0, 0.1) is 20.8 Å². The number of imidazole rings is 1. The summed E-state index contributed by atoms with van der Waals surface area (Å²) in [6, 6.07) is 8.01. The molecule has 7 heteroatoms. The summed E-state index contributed by atoms with van der Waals surface area (Å²) in [5, 5.41) is 0. The first-order valence-corrected chi connectivity index (χ1v) is 9.47. The van der Waals surface area contributed by atoms with Crippen LogP contribution < -0.4 is 4.90 Å². The Balaban J connectivity index is 1.49. The summed E-state index contributed by atoms with van der Waals surface area (Å²) in [6.45, 7) is 8.75. The van der Waals surface area contributed by atoms with E-state index in [9.17, 15) is 4.79 Å². The first-order valence-electron chi connectivity index (χ1n) is 9.47. The summed E-state index contributed by atoms with van der Waals surface area (Å²) in [4.78, 5) is 30.3. The Morgan fingerprint density at radius 2 is 1.71 bits per heavy atom. The fraction of sp³-hybridized carbons (Fsp3) is 0.333. The van der Waals surface area contributed by atoms with Crippen LogP contribution in [0.25, 0.3) is 5.82 Å². The van der Waals surface area contributed by atoms with Gasteiger partial charge in [0.05, 0.1) is 0 Å². The molecular formula is C21H24N6O. The first-order chi connectivity index (χ1) is 13.5. The topological polar surface area (TPSA) is 67.2 Å². The van der Waals surface area contributed by atoms with Crippen LogP contribution in [0.4, 0.5) is 5.82 Å². The van der Waals surface area contributed by atoms with Crippen LogP contribution in [0.3, 0.4) is 0 Å². The summed E-state index contributed by atoms with van der Waals surface area (Å²) in [7, 11) is 0. The SMILES string of the molecule is Cc1ccc(C)c(C(=O)N2CCN(c3cc(-n4ccnc4)nc(C)n3)CC2)c1. The number of aryl methyl sites for hydroxylation is 3. The smallest absolute Gasteiger partial charge is 0.254 e. The number of hydrogen-bond acceptors (Lipinski definition) is 5. The van der Waals surface area contributed by atoms with Crippen LogP contribution in [0.5, 0.6) is 0 Å². The van der Waals surface area contributed by atoms with Crippen molar-refractivity contribution in [2.75, 3.05) is 31.1 Å². The van der Waals surface area contributed by atoms with Gasteiger partial charge in [-0.15, -0.1) is 0 Å². The number of aromatic nitrogens is 4. The van der Waals surface area contributed by atoms with Crippen LogP contribution in [-0.4, -0.2) is 56.5 Å². The molecule has 0 unspecified atom stereocenters. The third-order valence-corrected chi connectivity index (χ3v) is 5.09. The summed E-state index contributed by atoms with van der Waals surface area (Å²) in [6.07, 6.45) is 5.33. The molecule has 0 aliphatic carbocycles. The van der Waals surface area contributed by atoms with E-state index >= 15 is 0 Å². The van der Waals surface area contributed by atoms with Crippen molar-refractivity contribution in [2.24, 2.45) is 0 Å². The third kappa shape index (κ3) is 3.60. The normalized spacial score (nSPS) is 14.4. The number of carbonyl (C=O) groups excluding carboxylic acids is 1. The monoisotopic (exact) mass is 376 g/mol. The fourth-order valence-electron chi connectivity index (χ4n) is 3.50. The zero-order chi connectivity index (χ0) is 19.7. The Morgan fingerprint density at radius 3 is 2.43 bits per heavy atom. The number of amides is 1. The molecule has 0 atom stereocenters. The van der Waals surface area contributed by atoms with E-state index in [0.29, 0.717) is 13.1 Å². The molecule has 0 N–H and O–H groups in total. The molecule has 7 nitrogen and oxygen atoms in total. The van der Waals surface area contributed by atoms with Gasteiger partial charge in [-0.25, -0.2) is 15.0 Å². The van der Waals surface area contributed by atoms with E-state index in [1.807, 2.05) is 60.7 Å².